The fraction of sp³-hybridized carbons (Fsp3) is 0.526. The lowest BCUT2D eigenvalue weighted by Gasteiger charge is -2.27. The van der Waals surface area contributed by atoms with E-state index in [2.05, 4.69) is 30.7 Å². The first-order valence-corrected chi connectivity index (χ1v) is 19.8. The zero-order valence-corrected chi connectivity index (χ0v) is 34.0. The number of sulfonamides is 1. The normalized spacial score (nSPS) is 14.4. The molecule has 310 valence electrons. The van der Waals surface area contributed by atoms with E-state index in [1.54, 1.807) is 30.3 Å². The predicted molar refractivity (Wildman–Crippen MR) is 208 cm³/mol. The highest BCUT2D eigenvalue weighted by atomic mass is 32.2. The average molecular weight is 805 g/mol. The molecule has 0 heterocycles. The molecule has 8 N–H and O–H groups in total. The fourth-order valence-corrected chi connectivity index (χ4v) is 6.71. The Morgan fingerprint density at radius 1 is 0.750 bits per heavy atom. The summed E-state index contributed by atoms with van der Waals surface area (Å²) >= 11 is 0. The number of aliphatic hydroxyl groups is 1. The minimum atomic E-state index is -4.31. The van der Waals surface area contributed by atoms with Gasteiger partial charge in [-0.05, 0) is 74.8 Å². The van der Waals surface area contributed by atoms with E-state index in [0.717, 1.165) is 13.0 Å². The van der Waals surface area contributed by atoms with E-state index in [0.29, 0.717) is 16.5 Å². The Bertz CT molecular complexity index is 1750. The summed E-state index contributed by atoms with van der Waals surface area (Å²) in [6.45, 7) is 5.08. The molecule has 0 radical (unpaired) electrons. The number of amides is 5. The number of rotatable bonds is 23. The predicted octanol–water partition coefficient (Wildman–Crippen LogP) is -0.278. The van der Waals surface area contributed by atoms with E-state index in [1.165, 1.54) is 38.3 Å². The quantitative estimate of drug-likeness (QED) is 0.0440. The molecule has 0 spiro atoms. The highest BCUT2D eigenvalue weighted by molar-refractivity contribution is 7.89. The number of esters is 1. The Labute approximate surface area is 329 Å². The summed E-state index contributed by atoms with van der Waals surface area (Å²) in [5.74, 6) is -4.71. The number of hydrogen-bond donors (Lipinski definition) is 7. The van der Waals surface area contributed by atoms with Gasteiger partial charge in [-0.25, -0.2) is 13.2 Å². The Hall–Kier alpha value is -4.91. The molecule has 0 aliphatic rings. The number of aliphatic hydroxyl groups excluding tert-OH is 1. The summed E-state index contributed by atoms with van der Waals surface area (Å²) in [6.07, 6.45) is 1.52. The maximum Gasteiger partial charge on any atom is 0.337 e. The van der Waals surface area contributed by atoms with Gasteiger partial charge < -0.3 is 41.3 Å². The molecule has 0 aliphatic carbocycles. The Kier molecular flexibility index (Phi) is 18.6. The first-order chi connectivity index (χ1) is 26.2. The van der Waals surface area contributed by atoms with Crippen molar-refractivity contribution in [1.82, 2.24) is 26.0 Å². The van der Waals surface area contributed by atoms with Crippen molar-refractivity contribution in [3.63, 3.8) is 0 Å². The van der Waals surface area contributed by atoms with Gasteiger partial charge in [0.05, 0.1) is 51.9 Å². The lowest BCUT2D eigenvalue weighted by atomic mass is 10.0. The molecule has 0 unspecified atom stereocenters. The van der Waals surface area contributed by atoms with Crippen molar-refractivity contribution in [3.8, 4) is 0 Å². The summed E-state index contributed by atoms with van der Waals surface area (Å²) in [5.41, 5.74) is 6.04. The van der Waals surface area contributed by atoms with E-state index < -0.39 is 82.3 Å². The molecule has 5 amide bonds. The number of ether oxygens (including phenoxy) is 1. The molecule has 0 saturated carbocycles. The molecule has 2 rings (SSSR count). The van der Waals surface area contributed by atoms with Gasteiger partial charge in [0.15, 0.2) is 0 Å². The number of hydrogen-bond acceptors (Lipinski definition) is 10. The van der Waals surface area contributed by atoms with Gasteiger partial charge in [-0.2, -0.15) is 4.72 Å². The van der Waals surface area contributed by atoms with Crippen LogP contribution in [0.15, 0.2) is 59.5 Å². The van der Waals surface area contributed by atoms with E-state index >= 15 is 0 Å². The zero-order valence-electron chi connectivity index (χ0n) is 33.2. The van der Waals surface area contributed by atoms with E-state index in [1.807, 2.05) is 35.0 Å². The number of primary amides is 1. The van der Waals surface area contributed by atoms with Crippen LogP contribution in [0.1, 0.15) is 62.4 Å². The average Bonchev–Trinajstić information content (AvgIpc) is 3.13. The molecule has 5 atom stereocenters. The first kappa shape index (κ1) is 47.2. The van der Waals surface area contributed by atoms with Crippen molar-refractivity contribution in [2.75, 3.05) is 41.4 Å². The number of nitrogens with one attached hydrogen (secondary N) is 5. The number of carbonyl (C=O) groups excluding carboxylic acids is 6. The van der Waals surface area contributed by atoms with Crippen LogP contribution in [0.4, 0.5) is 0 Å². The molecule has 2 aromatic carbocycles. The van der Waals surface area contributed by atoms with Crippen LogP contribution in [-0.4, -0.2) is 125 Å². The number of nitrogens with two attached hydrogens (primary N) is 1. The van der Waals surface area contributed by atoms with Crippen LogP contribution < -0.4 is 31.7 Å². The number of nitrogens with zero attached hydrogens (tertiary/aromatic N) is 1. The summed E-state index contributed by atoms with van der Waals surface area (Å²) < 4.78 is 34.6. The minimum Gasteiger partial charge on any atom is -0.465 e. The summed E-state index contributed by atoms with van der Waals surface area (Å²) in [5, 5.41) is 19.8. The molecule has 0 aromatic heterocycles. The maximum absolute atomic E-state index is 13.7. The van der Waals surface area contributed by atoms with Gasteiger partial charge in [0.25, 0.3) is 0 Å². The maximum atomic E-state index is 13.7. The lowest BCUT2D eigenvalue weighted by Crippen LogP contribution is -2.59. The Morgan fingerprint density at radius 2 is 1.30 bits per heavy atom. The van der Waals surface area contributed by atoms with Crippen LogP contribution in [0.2, 0.25) is 0 Å². The van der Waals surface area contributed by atoms with Crippen LogP contribution in [0.3, 0.4) is 0 Å². The van der Waals surface area contributed by atoms with E-state index in [9.17, 15) is 42.3 Å². The minimum absolute atomic E-state index is 0.0794. The molecule has 0 fully saturated rings. The van der Waals surface area contributed by atoms with Crippen LogP contribution in [0, 0.1) is 5.92 Å². The van der Waals surface area contributed by atoms with Gasteiger partial charge >= 0.3 is 5.97 Å². The monoisotopic (exact) mass is 804 g/mol. The topological polar surface area (TPSA) is 252 Å². The smallest absolute Gasteiger partial charge is 0.337 e. The number of benzene rings is 2. The number of methoxy groups -OCH3 is 1. The molecule has 0 aliphatic heterocycles. The molecule has 0 saturated heterocycles. The molecule has 0 bridgehead atoms. The van der Waals surface area contributed by atoms with Gasteiger partial charge in [-0.3, -0.25) is 24.0 Å². The lowest BCUT2D eigenvalue weighted by molar-refractivity contribution is -0.870. The zero-order chi connectivity index (χ0) is 42.2. The van der Waals surface area contributed by atoms with Crippen molar-refractivity contribution in [1.29, 1.82) is 0 Å². The van der Waals surface area contributed by atoms with Gasteiger partial charge in [0, 0.05) is 0 Å². The van der Waals surface area contributed by atoms with Crippen molar-refractivity contribution in [3.05, 3.63) is 65.7 Å². The van der Waals surface area contributed by atoms with Gasteiger partial charge in [-0.15, -0.1) is 0 Å². The van der Waals surface area contributed by atoms with Crippen molar-refractivity contribution in [2.24, 2.45) is 11.7 Å². The van der Waals surface area contributed by atoms with Crippen molar-refractivity contribution < 1.29 is 51.5 Å². The van der Waals surface area contributed by atoms with E-state index in [4.69, 9.17) is 5.73 Å². The summed E-state index contributed by atoms with van der Waals surface area (Å²) in [7, 11) is 2.93. The van der Waals surface area contributed by atoms with Crippen molar-refractivity contribution >= 4 is 45.5 Å². The van der Waals surface area contributed by atoms with Crippen LogP contribution in [-0.2, 0) is 45.2 Å². The molecule has 17 nitrogen and oxygen atoms in total. The summed E-state index contributed by atoms with van der Waals surface area (Å²) in [4.78, 5) is 77.4. The number of carbonyl (C=O) groups is 6. The largest absolute Gasteiger partial charge is 0.465 e. The molecular weight excluding hydrogens is 747 g/mol. The van der Waals surface area contributed by atoms with E-state index in [-0.39, 0.29) is 35.6 Å². The van der Waals surface area contributed by atoms with Crippen LogP contribution >= 0.6 is 0 Å². The van der Waals surface area contributed by atoms with Gasteiger partial charge in [0.1, 0.15) is 30.2 Å². The van der Waals surface area contributed by atoms with Crippen molar-refractivity contribution in [2.45, 2.75) is 88.0 Å². The molecule has 18 heteroatoms. The Morgan fingerprint density at radius 3 is 1.84 bits per heavy atom. The third kappa shape index (κ3) is 16.1. The fourth-order valence-electron chi connectivity index (χ4n) is 5.51. The third-order valence-corrected chi connectivity index (χ3v) is 10.1. The van der Waals surface area contributed by atoms with Crippen LogP contribution in [0.5, 0.6) is 0 Å². The second-order valence-corrected chi connectivity index (χ2v) is 16.7. The van der Waals surface area contributed by atoms with Crippen LogP contribution in [0.25, 0.3) is 0 Å². The second-order valence-electron chi connectivity index (χ2n) is 15.0. The molecule has 2 aromatic rings. The number of unbranched alkanes of at least 4 members (excludes halogenated alkanes) is 1. The number of quaternary nitrogens is 1. The molecule has 56 heavy (non-hydrogen) atoms. The van der Waals surface area contributed by atoms with Gasteiger partial charge in [-0.1, -0.05) is 44.2 Å². The third-order valence-electron chi connectivity index (χ3n) is 8.62. The summed E-state index contributed by atoms with van der Waals surface area (Å²) in [6, 6.07) is 7.29. The van der Waals surface area contributed by atoms with Gasteiger partial charge in [0.2, 0.25) is 39.6 Å². The molecular formula is C38H58N7O10S+. The second kappa shape index (κ2) is 22.0. The standard InChI is InChI=1S/C38H57N7O10S/c1-24(2)21-30(36(50)41-29(15-11-12-20-45(4,5)6)35(49)43-32(23-46)33(39)47)42-34(48)25(3)40-37(51)31(22-26-13-9-8-10-14-26)44-56(53,54)28-18-16-27(17-19-28)38(52)55-7/h8-10,13-14,16-19,24-25,29-32,44,46H,11-12,15,20-23H2,1-7H3,(H5-,39,40,41,42,43,47,48,49,50,51)/p+1/t25-,29-,30-,31-,32-/m0/s1. The Balaban J connectivity index is 2.26. The SMILES string of the molecule is COC(=O)c1ccc(S(=O)(=O)N[C@@H](Cc2ccccc2)C(=O)N[C@@H](C)C(=O)N[C@@H](CC(C)C)C(=O)N[C@@H](CCCC[N+](C)(C)C)C(=O)N[C@@H](CO)C(N)=O)cc1. The highest BCUT2D eigenvalue weighted by Gasteiger charge is 2.32. The first-order valence-electron chi connectivity index (χ1n) is 18.3. The highest BCUT2D eigenvalue weighted by Crippen LogP contribution is 2.15.